The fraction of sp³-hybridized carbons (Fsp3) is 0.600. The zero-order chi connectivity index (χ0) is 46.9. The van der Waals surface area contributed by atoms with E-state index in [4.69, 9.17) is 14.2 Å². The number of aromatic nitrogens is 3. The van der Waals surface area contributed by atoms with Gasteiger partial charge in [-0.3, -0.25) is 23.7 Å². The average molecular weight is 879 g/mol. The highest BCUT2D eigenvalue weighted by Crippen LogP contribution is 2.28. The number of aryl methyl sites for hydroxylation is 1. The van der Waals surface area contributed by atoms with Crippen molar-refractivity contribution in [2.75, 3.05) is 7.11 Å². The number of rotatable bonds is 16. The first-order valence-corrected chi connectivity index (χ1v) is 21.5. The molecule has 1 aromatic carbocycles. The highest BCUT2D eigenvalue weighted by Gasteiger charge is 2.38. The lowest BCUT2D eigenvalue weighted by atomic mass is 9.84. The van der Waals surface area contributed by atoms with Gasteiger partial charge in [0.15, 0.2) is 0 Å². The van der Waals surface area contributed by atoms with Crippen LogP contribution in [0.3, 0.4) is 0 Å². The minimum Gasteiger partial charge on any atom is -0.467 e. The molecule has 4 atom stereocenters. The standard InChI is InChI=1S/C45H66N8O10/c1-27(39(57)61-11)47-36(54)33(22-29-25-53(42(60)63-44(5,6)7)35-20-16-15-19-31(29)35)48-37(55)32(21-28-17-13-12-14-18-28)49-40(58)45(8,9)51-38(56)34(23-30-24-46-26-52(30)10)50-41(59)62-43(2,3)4/h15-16,19-20,24-28,32-34H,12-14,17-18,21-23H2,1-11H3,(H,47,54)(H,48,55)(H,49,58)(H,50,59)(H,51,56)/t27-,32-,33-,34-/m0/s1. The molecule has 18 nitrogen and oxygen atoms in total. The SMILES string of the molecule is COC(=O)[C@H](C)NC(=O)[C@H](Cc1cn(C(=O)OC(C)(C)C)c2ccccc12)NC(=O)[C@H](CC1CCCCC1)NC(=O)C(C)(C)NC(=O)[C@H](Cc1cncn1C)NC(=O)OC(C)(C)C. The number of amides is 5. The van der Waals surface area contributed by atoms with Gasteiger partial charge in [-0.05, 0) is 86.3 Å². The molecule has 0 spiro atoms. The summed E-state index contributed by atoms with van der Waals surface area (Å²) >= 11 is 0. The number of fused-ring (bicyclic) bond motifs is 1. The highest BCUT2D eigenvalue weighted by atomic mass is 16.6. The Morgan fingerprint density at radius 1 is 0.778 bits per heavy atom. The zero-order valence-corrected chi connectivity index (χ0v) is 38.5. The van der Waals surface area contributed by atoms with Crippen molar-refractivity contribution in [3.05, 3.63) is 54.2 Å². The van der Waals surface area contributed by atoms with Crippen LogP contribution in [0.2, 0.25) is 0 Å². The predicted molar refractivity (Wildman–Crippen MR) is 234 cm³/mol. The number of carbonyl (C=O) groups is 7. The van der Waals surface area contributed by atoms with Gasteiger partial charge in [0, 0.05) is 43.4 Å². The van der Waals surface area contributed by atoms with Crippen molar-refractivity contribution in [1.29, 1.82) is 0 Å². The van der Waals surface area contributed by atoms with Crippen LogP contribution in [0.15, 0.2) is 43.0 Å². The van der Waals surface area contributed by atoms with Crippen LogP contribution < -0.4 is 26.6 Å². The van der Waals surface area contributed by atoms with Crippen molar-refractivity contribution in [3.8, 4) is 0 Å². The maximum absolute atomic E-state index is 14.5. The third-order valence-electron chi connectivity index (χ3n) is 10.6. The number of alkyl carbamates (subject to hydrolysis) is 1. The third kappa shape index (κ3) is 14.6. The minimum absolute atomic E-state index is 0.0283. The lowest BCUT2D eigenvalue weighted by molar-refractivity contribution is -0.144. The molecular formula is C45H66N8O10. The van der Waals surface area contributed by atoms with Gasteiger partial charge in [0.2, 0.25) is 23.6 Å². The first-order chi connectivity index (χ1) is 29.4. The topological polar surface area (TPSA) is 230 Å². The Labute approximate surface area is 369 Å². The van der Waals surface area contributed by atoms with Crippen LogP contribution in [0.1, 0.15) is 112 Å². The predicted octanol–water partition coefficient (Wildman–Crippen LogP) is 4.35. The fourth-order valence-corrected chi connectivity index (χ4v) is 7.35. The molecule has 0 aliphatic heterocycles. The van der Waals surface area contributed by atoms with Gasteiger partial charge in [-0.1, -0.05) is 50.3 Å². The van der Waals surface area contributed by atoms with E-state index >= 15 is 0 Å². The number of methoxy groups -OCH3 is 1. The molecule has 0 radical (unpaired) electrons. The molecule has 0 unspecified atom stereocenters. The van der Waals surface area contributed by atoms with Gasteiger partial charge in [0.25, 0.3) is 0 Å². The molecule has 1 saturated carbocycles. The van der Waals surface area contributed by atoms with Gasteiger partial charge < -0.3 is 45.4 Å². The molecule has 5 amide bonds. The Morgan fingerprint density at radius 2 is 1.40 bits per heavy atom. The quantitative estimate of drug-likeness (QED) is 0.100. The second-order valence-electron chi connectivity index (χ2n) is 18.8. The number of nitrogens with zero attached hydrogens (tertiary/aromatic N) is 3. The monoisotopic (exact) mass is 878 g/mol. The molecule has 1 fully saturated rings. The van der Waals surface area contributed by atoms with Crippen molar-refractivity contribution in [3.63, 3.8) is 0 Å². The van der Waals surface area contributed by atoms with E-state index in [9.17, 15) is 33.6 Å². The highest BCUT2D eigenvalue weighted by molar-refractivity contribution is 5.98. The molecule has 1 aliphatic rings. The third-order valence-corrected chi connectivity index (χ3v) is 10.6. The summed E-state index contributed by atoms with van der Waals surface area (Å²) in [7, 11) is 2.94. The molecule has 1 aliphatic carbocycles. The Bertz CT molecular complexity index is 2120. The maximum atomic E-state index is 14.5. The van der Waals surface area contributed by atoms with Gasteiger partial charge in [-0.25, -0.2) is 19.4 Å². The Balaban J connectivity index is 1.64. The molecule has 63 heavy (non-hydrogen) atoms. The van der Waals surface area contributed by atoms with Crippen LogP contribution >= 0.6 is 0 Å². The summed E-state index contributed by atoms with van der Waals surface area (Å²) in [6.45, 7) is 14.7. The molecule has 2 aromatic heterocycles. The summed E-state index contributed by atoms with van der Waals surface area (Å²) in [6.07, 6.45) is 7.99. The van der Waals surface area contributed by atoms with Gasteiger partial charge in [-0.2, -0.15) is 0 Å². The molecule has 18 heteroatoms. The zero-order valence-electron chi connectivity index (χ0n) is 38.5. The summed E-state index contributed by atoms with van der Waals surface area (Å²) in [5, 5.41) is 14.3. The van der Waals surface area contributed by atoms with Crippen molar-refractivity contribution in [1.82, 2.24) is 40.7 Å². The van der Waals surface area contributed by atoms with E-state index < -0.39 is 82.7 Å². The summed E-state index contributed by atoms with van der Waals surface area (Å²) in [4.78, 5) is 99.4. The molecule has 4 rings (SSSR count). The molecular weight excluding hydrogens is 813 g/mol. The molecule has 2 heterocycles. The summed E-state index contributed by atoms with van der Waals surface area (Å²) < 4.78 is 18.9. The van der Waals surface area contributed by atoms with Crippen LogP contribution in [-0.2, 0) is 58.1 Å². The van der Waals surface area contributed by atoms with E-state index in [2.05, 4.69) is 31.6 Å². The molecule has 3 aromatic rings. The van der Waals surface area contributed by atoms with Gasteiger partial charge in [-0.15, -0.1) is 0 Å². The van der Waals surface area contributed by atoms with E-state index in [1.807, 2.05) is 0 Å². The van der Waals surface area contributed by atoms with Crippen molar-refractivity contribution in [2.45, 2.75) is 155 Å². The summed E-state index contributed by atoms with van der Waals surface area (Å²) in [5.41, 5.74) is -1.57. The number of carbonyl (C=O) groups excluding carboxylic acids is 7. The number of nitrogens with one attached hydrogen (secondary N) is 5. The van der Waals surface area contributed by atoms with Crippen LogP contribution in [0.5, 0.6) is 0 Å². The minimum atomic E-state index is -1.61. The van der Waals surface area contributed by atoms with Crippen molar-refractivity contribution in [2.24, 2.45) is 13.0 Å². The van der Waals surface area contributed by atoms with Gasteiger partial charge in [0.1, 0.15) is 40.9 Å². The average Bonchev–Trinajstić information content (AvgIpc) is 3.77. The molecule has 346 valence electrons. The Kier molecular flexibility index (Phi) is 16.5. The molecule has 5 N–H and O–H groups in total. The molecule has 0 saturated heterocycles. The second kappa shape index (κ2) is 21.0. The van der Waals surface area contributed by atoms with Gasteiger partial charge >= 0.3 is 18.2 Å². The number of para-hydroxylation sites is 1. The van der Waals surface area contributed by atoms with E-state index in [1.54, 1.807) is 96.1 Å². The lowest BCUT2D eigenvalue weighted by Gasteiger charge is -2.32. The first-order valence-electron chi connectivity index (χ1n) is 21.5. The van der Waals surface area contributed by atoms with Crippen LogP contribution in [0.4, 0.5) is 9.59 Å². The molecule has 0 bridgehead atoms. The van der Waals surface area contributed by atoms with Crippen LogP contribution in [0.25, 0.3) is 10.9 Å². The largest absolute Gasteiger partial charge is 0.467 e. The van der Waals surface area contributed by atoms with Gasteiger partial charge in [0.05, 0.1) is 19.0 Å². The first kappa shape index (κ1) is 49.7. The van der Waals surface area contributed by atoms with Crippen molar-refractivity contribution < 1.29 is 47.8 Å². The summed E-state index contributed by atoms with van der Waals surface area (Å²) in [6, 6.07) is 2.37. The number of esters is 1. The number of ether oxygens (including phenoxy) is 3. The van der Waals surface area contributed by atoms with E-state index in [0.29, 0.717) is 22.2 Å². The van der Waals surface area contributed by atoms with E-state index in [0.717, 1.165) is 32.1 Å². The van der Waals surface area contributed by atoms with Crippen molar-refractivity contribution >= 4 is 52.7 Å². The van der Waals surface area contributed by atoms with Crippen LogP contribution in [0, 0.1) is 5.92 Å². The Morgan fingerprint density at radius 3 is 2.00 bits per heavy atom. The number of imidazole rings is 1. The summed E-state index contributed by atoms with van der Waals surface area (Å²) in [5.74, 6) is -3.37. The van der Waals surface area contributed by atoms with E-state index in [1.165, 1.54) is 32.4 Å². The normalized spacial score (nSPS) is 15.5. The van der Waals surface area contributed by atoms with Crippen LogP contribution in [-0.4, -0.2) is 104 Å². The second-order valence-corrected chi connectivity index (χ2v) is 18.8. The smallest absolute Gasteiger partial charge is 0.419 e. The number of hydrogen-bond donors (Lipinski definition) is 5. The number of benzene rings is 1. The maximum Gasteiger partial charge on any atom is 0.419 e. The van der Waals surface area contributed by atoms with E-state index in [-0.39, 0.29) is 25.2 Å². The fourth-order valence-electron chi connectivity index (χ4n) is 7.35. The lowest BCUT2D eigenvalue weighted by Crippen LogP contribution is -2.63. The number of hydrogen-bond acceptors (Lipinski definition) is 11. The Hall–Kier alpha value is -5.94.